The first-order valence-corrected chi connectivity index (χ1v) is 4.29. The quantitative estimate of drug-likeness (QED) is 0.638. The topological polar surface area (TPSA) is 76.3 Å². The molecule has 0 unspecified atom stereocenters. The predicted octanol–water partition coefficient (Wildman–Crippen LogP) is 1.81. The molecule has 0 saturated carbocycles. The molecule has 70 valence electrons. The Kier molecular flexibility index (Phi) is 2.94. The third-order valence-electron chi connectivity index (χ3n) is 1.46. The summed E-state index contributed by atoms with van der Waals surface area (Å²) in [4.78, 5) is 13.7. The van der Waals surface area contributed by atoms with Crippen molar-refractivity contribution in [2.45, 2.75) is 13.0 Å². The van der Waals surface area contributed by atoms with Gasteiger partial charge in [0.15, 0.2) is 0 Å². The fraction of sp³-hybridized carbons (Fsp3) is 0.286. The van der Waals surface area contributed by atoms with Crippen LogP contribution in [0, 0.1) is 10.1 Å². The first-order chi connectivity index (χ1) is 6.02. The predicted molar refractivity (Wildman–Crippen MR) is 49.2 cm³/mol. The van der Waals surface area contributed by atoms with Crippen molar-refractivity contribution in [2.24, 2.45) is 0 Å². The normalized spacial score (nSPS) is 12.5. The van der Waals surface area contributed by atoms with Crippen LogP contribution >= 0.6 is 15.9 Å². The van der Waals surface area contributed by atoms with E-state index >= 15 is 0 Å². The summed E-state index contributed by atoms with van der Waals surface area (Å²) in [6, 6.07) is 1.31. The van der Waals surface area contributed by atoms with Crippen LogP contribution in [0.5, 0.6) is 0 Å². The van der Waals surface area contributed by atoms with Gasteiger partial charge < -0.3 is 5.11 Å². The summed E-state index contributed by atoms with van der Waals surface area (Å²) in [6.45, 7) is 1.43. The van der Waals surface area contributed by atoms with E-state index in [0.29, 0.717) is 4.47 Å². The number of nitro groups is 1. The highest BCUT2D eigenvalue weighted by Crippen LogP contribution is 2.25. The number of hydrogen-bond acceptors (Lipinski definition) is 4. The summed E-state index contributed by atoms with van der Waals surface area (Å²) in [6.07, 6.45) is 0.475. The fourth-order valence-corrected chi connectivity index (χ4v) is 1.23. The van der Waals surface area contributed by atoms with Crippen LogP contribution in [-0.2, 0) is 0 Å². The molecule has 5 nitrogen and oxygen atoms in total. The molecule has 1 atom stereocenters. The molecule has 1 N–H and O–H groups in total. The van der Waals surface area contributed by atoms with Crippen LogP contribution in [0.15, 0.2) is 16.7 Å². The van der Waals surface area contributed by atoms with E-state index in [0.717, 1.165) is 0 Å². The lowest BCUT2D eigenvalue weighted by Gasteiger charge is -2.03. The number of halogens is 1. The van der Waals surface area contributed by atoms with E-state index in [1.54, 1.807) is 0 Å². The van der Waals surface area contributed by atoms with Crippen molar-refractivity contribution in [1.29, 1.82) is 0 Å². The number of aliphatic hydroxyl groups is 1. The van der Waals surface area contributed by atoms with Crippen molar-refractivity contribution < 1.29 is 10.0 Å². The molecule has 1 aromatic rings. The Balaban J connectivity index is 3.27. The Morgan fingerprint density at radius 3 is 2.85 bits per heavy atom. The highest BCUT2D eigenvalue weighted by Gasteiger charge is 2.19. The molecule has 0 amide bonds. The molecule has 0 bridgehead atoms. The summed E-state index contributed by atoms with van der Waals surface area (Å²) in [7, 11) is 0. The van der Waals surface area contributed by atoms with Gasteiger partial charge in [-0.05, 0) is 22.9 Å². The van der Waals surface area contributed by atoms with Gasteiger partial charge in [0.25, 0.3) is 5.69 Å². The first-order valence-electron chi connectivity index (χ1n) is 3.50. The molecule has 13 heavy (non-hydrogen) atoms. The second-order valence-electron chi connectivity index (χ2n) is 2.49. The van der Waals surface area contributed by atoms with Gasteiger partial charge in [0.1, 0.15) is 11.8 Å². The maximum atomic E-state index is 10.5. The average molecular weight is 247 g/mol. The maximum Gasteiger partial charge on any atom is 0.294 e. The van der Waals surface area contributed by atoms with Crippen molar-refractivity contribution in [3.05, 3.63) is 32.5 Å². The van der Waals surface area contributed by atoms with Gasteiger partial charge in [-0.3, -0.25) is 15.1 Å². The van der Waals surface area contributed by atoms with Crippen molar-refractivity contribution in [2.75, 3.05) is 0 Å². The van der Waals surface area contributed by atoms with E-state index in [9.17, 15) is 10.1 Å². The van der Waals surface area contributed by atoms with Crippen LogP contribution in [0.1, 0.15) is 18.7 Å². The molecule has 1 aromatic heterocycles. The maximum absolute atomic E-state index is 10.5. The number of aliphatic hydroxyl groups excluding tert-OH is 1. The van der Waals surface area contributed by atoms with Crippen LogP contribution in [0.2, 0.25) is 0 Å². The van der Waals surface area contributed by atoms with E-state index in [4.69, 9.17) is 5.11 Å². The molecule has 0 fully saturated rings. The van der Waals surface area contributed by atoms with Crippen LogP contribution in [0.3, 0.4) is 0 Å². The van der Waals surface area contributed by atoms with E-state index in [2.05, 4.69) is 20.9 Å². The van der Waals surface area contributed by atoms with Crippen molar-refractivity contribution in [3.8, 4) is 0 Å². The zero-order valence-electron chi connectivity index (χ0n) is 6.77. The molecule has 0 aliphatic rings. The minimum Gasteiger partial charge on any atom is -0.387 e. The van der Waals surface area contributed by atoms with Gasteiger partial charge in [-0.2, -0.15) is 0 Å². The summed E-state index contributed by atoms with van der Waals surface area (Å²) in [5.41, 5.74) is -0.0995. The number of pyridine rings is 1. The van der Waals surface area contributed by atoms with Gasteiger partial charge >= 0.3 is 0 Å². The first kappa shape index (κ1) is 10.1. The Labute approximate surface area is 82.7 Å². The third kappa shape index (κ3) is 2.22. The number of rotatable bonds is 2. The fourth-order valence-electron chi connectivity index (χ4n) is 0.907. The molecule has 0 saturated heterocycles. The van der Waals surface area contributed by atoms with Crippen LogP contribution < -0.4 is 0 Å². The van der Waals surface area contributed by atoms with Gasteiger partial charge in [-0.25, -0.2) is 0 Å². The van der Waals surface area contributed by atoms with Crippen molar-refractivity contribution in [1.82, 2.24) is 4.98 Å². The summed E-state index contributed by atoms with van der Waals surface area (Å²) in [5, 5.41) is 19.7. The smallest absolute Gasteiger partial charge is 0.294 e. The number of hydrogen-bond donors (Lipinski definition) is 1. The molecule has 0 aliphatic carbocycles. The van der Waals surface area contributed by atoms with E-state index in [-0.39, 0.29) is 11.4 Å². The lowest BCUT2D eigenvalue weighted by Crippen LogP contribution is -2.01. The van der Waals surface area contributed by atoms with Crippen molar-refractivity contribution in [3.63, 3.8) is 0 Å². The third-order valence-corrected chi connectivity index (χ3v) is 1.89. The molecule has 1 rings (SSSR count). The number of aromatic nitrogens is 1. The Hall–Kier alpha value is -1.01. The van der Waals surface area contributed by atoms with Crippen LogP contribution in [0.4, 0.5) is 5.69 Å². The minimum absolute atomic E-state index is 0.0770. The molecule has 6 heteroatoms. The van der Waals surface area contributed by atoms with E-state index in [1.807, 2.05) is 0 Å². The standard InChI is InChI=1S/C7H7BrN2O3/c1-4(11)7-6(10(12)13)2-5(8)3-9-7/h2-4,11H,1H3/t4-/m1/s1. The monoisotopic (exact) mass is 246 g/mol. The van der Waals surface area contributed by atoms with Gasteiger partial charge in [0.05, 0.1) is 4.92 Å². The highest BCUT2D eigenvalue weighted by molar-refractivity contribution is 9.10. The van der Waals surface area contributed by atoms with Crippen molar-refractivity contribution >= 4 is 21.6 Å². The summed E-state index contributed by atoms with van der Waals surface area (Å²) >= 11 is 3.07. The average Bonchev–Trinajstić information content (AvgIpc) is 2.03. The lowest BCUT2D eigenvalue weighted by atomic mass is 10.2. The minimum atomic E-state index is -0.937. The second kappa shape index (κ2) is 3.80. The molecular formula is C7H7BrN2O3. The summed E-state index contributed by atoms with van der Waals surface area (Å²) in [5.74, 6) is 0. The van der Waals surface area contributed by atoms with Crippen LogP contribution in [-0.4, -0.2) is 15.0 Å². The molecule has 0 aliphatic heterocycles. The second-order valence-corrected chi connectivity index (χ2v) is 3.41. The largest absolute Gasteiger partial charge is 0.387 e. The van der Waals surface area contributed by atoms with Gasteiger partial charge in [-0.1, -0.05) is 0 Å². The molecule has 0 spiro atoms. The zero-order chi connectivity index (χ0) is 10.0. The highest BCUT2D eigenvalue weighted by atomic mass is 79.9. The van der Waals surface area contributed by atoms with Gasteiger partial charge in [0, 0.05) is 16.7 Å². The van der Waals surface area contributed by atoms with Gasteiger partial charge in [0.2, 0.25) is 0 Å². The molecule has 0 aromatic carbocycles. The SMILES string of the molecule is C[C@@H](O)c1ncc(Br)cc1[N+](=O)[O-]. The van der Waals surface area contributed by atoms with E-state index < -0.39 is 11.0 Å². The van der Waals surface area contributed by atoms with Crippen LogP contribution in [0.25, 0.3) is 0 Å². The Morgan fingerprint density at radius 1 is 1.77 bits per heavy atom. The van der Waals surface area contributed by atoms with E-state index in [1.165, 1.54) is 19.2 Å². The molecule has 1 heterocycles. The lowest BCUT2D eigenvalue weighted by molar-refractivity contribution is -0.386. The Bertz CT molecular complexity index is 341. The molecular weight excluding hydrogens is 240 g/mol. The number of nitrogens with zero attached hydrogens (tertiary/aromatic N) is 2. The summed E-state index contributed by atoms with van der Waals surface area (Å²) < 4.78 is 0.517. The zero-order valence-corrected chi connectivity index (χ0v) is 8.35. The van der Waals surface area contributed by atoms with Gasteiger partial charge in [-0.15, -0.1) is 0 Å². The Morgan fingerprint density at radius 2 is 2.38 bits per heavy atom. The molecule has 0 radical (unpaired) electrons.